The fourth-order valence-electron chi connectivity index (χ4n) is 1.17. The van der Waals surface area contributed by atoms with Crippen LogP contribution >= 0.6 is 0 Å². The first-order valence-corrected chi connectivity index (χ1v) is 3.86. The van der Waals surface area contributed by atoms with Crippen molar-refractivity contribution < 1.29 is 4.79 Å². The summed E-state index contributed by atoms with van der Waals surface area (Å²) < 4.78 is 1.27. The first kappa shape index (κ1) is 8.42. The van der Waals surface area contributed by atoms with Crippen molar-refractivity contribution in [2.24, 2.45) is 0 Å². The van der Waals surface area contributed by atoms with Crippen LogP contribution in [0.5, 0.6) is 0 Å². The van der Waals surface area contributed by atoms with Gasteiger partial charge in [-0.05, 0) is 0 Å². The minimum atomic E-state index is -0.204. The van der Waals surface area contributed by atoms with Crippen molar-refractivity contribution in [2.75, 3.05) is 11.5 Å². The Balaban J connectivity index is 2.85. The second-order valence-electron chi connectivity index (χ2n) is 2.77. The van der Waals surface area contributed by atoms with Gasteiger partial charge in [0.25, 0.3) is 0 Å². The van der Waals surface area contributed by atoms with Gasteiger partial charge in [0.15, 0.2) is 17.0 Å². The van der Waals surface area contributed by atoms with Gasteiger partial charge in [0.1, 0.15) is 6.33 Å². The van der Waals surface area contributed by atoms with E-state index in [0.29, 0.717) is 11.2 Å². The number of aromatic nitrogens is 4. The molecule has 0 saturated carbocycles. The van der Waals surface area contributed by atoms with E-state index >= 15 is 0 Å². The van der Waals surface area contributed by atoms with Crippen molar-refractivity contribution in [3.8, 4) is 0 Å². The Bertz CT molecular complexity index is 516. The zero-order valence-corrected chi connectivity index (χ0v) is 7.43. The topological polar surface area (TPSA) is 113 Å². The number of hydrogen-bond acceptors (Lipinski definition) is 6. The third-order valence-corrected chi connectivity index (χ3v) is 1.78. The van der Waals surface area contributed by atoms with Gasteiger partial charge in [-0.15, -0.1) is 0 Å². The fraction of sp³-hybridized carbons (Fsp3) is 0.143. The standard InChI is InChI=1S/C7H8N6O/c1-3(14)13-2-10-4-5(8)11-7(9)12-6(4)13/h2H,1H3,(H4,8,9,11,12). The molecule has 14 heavy (non-hydrogen) atoms. The van der Waals surface area contributed by atoms with E-state index in [1.807, 2.05) is 0 Å². The molecule has 2 heterocycles. The number of anilines is 2. The summed E-state index contributed by atoms with van der Waals surface area (Å²) in [6.07, 6.45) is 1.34. The number of nitrogens with two attached hydrogens (primary N) is 2. The number of carbonyl (C=O) groups excluding carboxylic acids is 1. The van der Waals surface area contributed by atoms with Gasteiger partial charge in [-0.25, -0.2) is 4.98 Å². The molecular formula is C7H8N6O. The SMILES string of the molecule is CC(=O)n1cnc2c(N)nc(N)nc21. The van der Waals surface area contributed by atoms with Crippen LogP contribution in [0.1, 0.15) is 11.7 Å². The summed E-state index contributed by atoms with van der Waals surface area (Å²) in [5.41, 5.74) is 11.7. The molecule has 72 valence electrons. The predicted octanol–water partition coefficient (Wildman–Crippen LogP) is -0.349. The van der Waals surface area contributed by atoms with Crippen LogP contribution in [0.15, 0.2) is 6.33 Å². The normalized spacial score (nSPS) is 10.6. The maximum Gasteiger partial charge on any atom is 0.230 e. The van der Waals surface area contributed by atoms with Crippen LogP contribution in [0.4, 0.5) is 11.8 Å². The van der Waals surface area contributed by atoms with Crippen molar-refractivity contribution in [3.05, 3.63) is 6.33 Å². The zero-order valence-electron chi connectivity index (χ0n) is 7.43. The van der Waals surface area contributed by atoms with Gasteiger partial charge in [0.05, 0.1) is 0 Å². The highest BCUT2D eigenvalue weighted by Gasteiger charge is 2.11. The summed E-state index contributed by atoms with van der Waals surface area (Å²) in [6, 6.07) is 0. The molecule has 7 heteroatoms. The first-order valence-electron chi connectivity index (χ1n) is 3.86. The second-order valence-corrected chi connectivity index (χ2v) is 2.77. The molecule has 2 rings (SSSR count). The Labute approximate surface area is 78.8 Å². The number of imidazole rings is 1. The first-order chi connectivity index (χ1) is 6.59. The Morgan fingerprint density at radius 3 is 2.79 bits per heavy atom. The molecule has 2 aromatic heterocycles. The molecule has 0 aliphatic heterocycles. The van der Waals surface area contributed by atoms with Crippen molar-refractivity contribution >= 4 is 28.8 Å². The molecule has 0 radical (unpaired) electrons. The Morgan fingerprint density at radius 2 is 2.14 bits per heavy atom. The van der Waals surface area contributed by atoms with Gasteiger partial charge in [-0.3, -0.25) is 9.36 Å². The Morgan fingerprint density at radius 1 is 1.43 bits per heavy atom. The average Bonchev–Trinajstić information content (AvgIpc) is 2.47. The molecule has 0 aromatic carbocycles. The smallest absolute Gasteiger partial charge is 0.230 e. The number of rotatable bonds is 0. The van der Waals surface area contributed by atoms with Gasteiger partial charge in [0, 0.05) is 6.92 Å². The van der Waals surface area contributed by atoms with E-state index in [-0.39, 0.29) is 17.7 Å². The number of hydrogen-bond donors (Lipinski definition) is 2. The Hall–Kier alpha value is -2.18. The van der Waals surface area contributed by atoms with E-state index in [4.69, 9.17) is 11.5 Å². The van der Waals surface area contributed by atoms with Crippen LogP contribution in [-0.4, -0.2) is 25.4 Å². The molecule has 0 saturated heterocycles. The third-order valence-electron chi connectivity index (χ3n) is 1.78. The molecule has 0 bridgehead atoms. The van der Waals surface area contributed by atoms with Gasteiger partial charge >= 0.3 is 0 Å². The molecule has 0 fully saturated rings. The highest BCUT2D eigenvalue weighted by Crippen LogP contribution is 2.16. The van der Waals surface area contributed by atoms with Gasteiger partial charge < -0.3 is 11.5 Å². The van der Waals surface area contributed by atoms with Gasteiger partial charge in [0.2, 0.25) is 11.9 Å². The summed E-state index contributed by atoms with van der Waals surface area (Å²) in [4.78, 5) is 22.7. The average molecular weight is 192 g/mol. The summed E-state index contributed by atoms with van der Waals surface area (Å²) in [6.45, 7) is 1.40. The monoisotopic (exact) mass is 192 g/mol. The summed E-state index contributed by atoms with van der Waals surface area (Å²) in [7, 11) is 0. The number of fused-ring (bicyclic) bond motifs is 1. The lowest BCUT2D eigenvalue weighted by Crippen LogP contribution is -2.07. The minimum Gasteiger partial charge on any atom is -0.382 e. The van der Waals surface area contributed by atoms with Crippen LogP contribution in [0, 0.1) is 0 Å². The van der Waals surface area contributed by atoms with E-state index in [0.717, 1.165) is 0 Å². The number of nitrogen functional groups attached to an aromatic ring is 2. The molecular weight excluding hydrogens is 184 g/mol. The molecule has 4 N–H and O–H groups in total. The summed E-state index contributed by atoms with van der Waals surface area (Å²) >= 11 is 0. The van der Waals surface area contributed by atoms with E-state index < -0.39 is 0 Å². The minimum absolute atomic E-state index is 0.0259. The van der Waals surface area contributed by atoms with Crippen LogP contribution in [0.2, 0.25) is 0 Å². The predicted molar refractivity (Wildman–Crippen MR) is 50.4 cm³/mol. The second kappa shape index (κ2) is 2.66. The highest BCUT2D eigenvalue weighted by atomic mass is 16.1. The lowest BCUT2D eigenvalue weighted by atomic mass is 10.5. The molecule has 0 amide bonds. The van der Waals surface area contributed by atoms with Crippen molar-refractivity contribution in [1.82, 2.24) is 19.5 Å². The largest absolute Gasteiger partial charge is 0.382 e. The quantitative estimate of drug-likeness (QED) is 0.589. The van der Waals surface area contributed by atoms with Crippen molar-refractivity contribution in [2.45, 2.75) is 6.92 Å². The summed E-state index contributed by atoms with van der Waals surface area (Å²) in [5.74, 6) is -0.00417. The van der Waals surface area contributed by atoms with E-state index in [2.05, 4.69) is 15.0 Å². The molecule has 2 aromatic rings. The number of carbonyl (C=O) groups is 1. The maximum atomic E-state index is 11.1. The van der Waals surface area contributed by atoms with E-state index in [9.17, 15) is 4.79 Å². The van der Waals surface area contributed by atoms with E-state index in [1.165, 1.54) is 17.8 Å². The van der Waals surface area contributed by atoms with Crippen molar-refractivity contribution in [1.29, 1.82) is 0 Å². The molecule has 0 aliphatic rings. The molecule has 0 unspecified atom stereocenters. The van der Waals surface area contributed by atoms with Crippen LogP contribution in [-0.2, 0) is 0 Å². The maximum absolute atomic E-state index is 11.1. The molecule has 0 spiro atoms. The highest BCUT2D eigenvalue weighted by molar-refractivity contribution is 5.91. The fourth-order valence-corrected chi connectivity index (χ4v) is 1.17. The lowest BCUT2D eigenvalue weighted by molar-refractivity contribution is 0.0940. The van der Waals surface area contributed by atoms with Crippen molar-refractivity contribution in [3.63, 3.8) is 0 Å². The van der Waals surface area contributed by atoms with Crippen LogP contribution in [0.3, 0.4) is 0 Å². The van der Waals surface area contributed by atoms with Crippen LogP contribution < -0.4 is 11.5 Å². The molecule has 0 aliphatic carbocycles. The third kappa shape index (κ3) is 1.06. The van der Waals surface area contributed by atoms with Gasteiger partial charge in [-0.1, -0.05) is 0 Å². The van der Waals surface area contributed by atoms with Gasteiger partial charge in [-0.2, -0.15) is 9.97 Å². The molecule has 7 nitrogen and oxygen atoms in total. The Kier molecular flexibility index (Phi) is 1.60. The number of nitrogens with zero attached hydrogens (tertiary/aromatic N) is 4. The molecule has 0 atom stereocenters. The van der Waals surface area contributed by atoms with E-state index in [1.54, 1.807) is 0 Å². The van der Waals surface area contributed by atoms with Crippen LogP contribution in [0.25, 0.3) is 11.2 Å². The zero-order chi connectivity index (χ0) is 10.3. The lowest BCUT2D eigenvalue weighted by Gasteiger charge is -1.98. The summed E-state index contributed by atoms with van der Waals surface area (Å²) in [5, 5.41) is 0.